The third kappa shape index (κ3) is 3.91. The Kier molecular flexibility index (Phi) is 5.99. The van der Waals surface area contributed by atoms with Crippen molar-refractivity contribution in [1.82, 2.24) is 4.90 Å². The van der Waals surface area contributed by atoms with E-state index in [-0.39, 0.29) is 5.75 Å². The average molecular weight is 251 g/mol. The van der Waals surface area contributed by atoms with Gasteiger partial charge in [0, 0.05) is 12.6 Å². The predicted octanol–water partition coefficient (Wildman–Crippen LogP) is 3.41. The molecule has 102 valence electrons. The van der Waals surface area contributed by atoms with Crippen LogP contribution in [-0.4, -0.2) is 29.7 Å². The molecule has 0 aliphatic rings. The molecule has 0 amide bonds. The highest BCUT2D eigenvalue weighted by Crippen LogP contribution is 2.27. The second kappa shape index (κ2) is 7.27. The van der Waals surface area contributed by atoms with Gasteiger partial charge in [-0.25, -0.2) is 0 Å². The molecule has 1 rings (SSSR count). The van der Waals surface area contributed by atoms with Gasteiger partial charge in [-0.15, -0.1) is 0 Å². The summed E-state index contributed by atoms with van der Waals surface area (Å²) in [6.45, 7) is 7.80. The van der Waals surface area contributed by atoms with Crippen molar-refractivity contribution in [2.24, 2.45) is 0 Å². The largest absolute Gasteiger partial charge is 0.504 e. The molecule has 0 aromatic heterocycles. The molecule has 0 radical (unpaired) electrons. The van der Waals surface area contributed by atoms with E-state index in [0.717, 1.165) is 19.4 Å². The molecular weight excluding hydrogens is 226 g/mol. The van der Waals surface area contributed by atoms with E-state index in [1.54, 1.807) is 6.07 Å². The molecule has 1 aromatic carbocycles. The Hall–Kier alpha value is -1.22. The number of ether oxygens (including phenoxy) is 1. The van der Waals surface area contributed by atoms with Crippen molar-refractivity contribution in [3.63, 3.8) is 0 Å². The summed E-state index contributed by atoms with van der Waals surface area (Å²) in [7, 11) is 2.14. The number of rotatable bonds is 7. The first-order chi connectivity index (χ1) is 8.62. The summed E-state index contributed by atoms with van der Waals surface area (Å²) in [6, 6.07) is 6.20. The summed E-state index contributed by atoms with van der Waals surface area (Å²) in [6.07, 6.45) is 2.31. The Morgan fingerprint density at radius 1 is 1.22 bits per heavy atom. The van der Waals surface area contributed by atoms with E-state index in [1.807, 2.05) is 19.1 Å². The van der Waals surface area contributed by atoms with Crippen molar-refractivity contribution in [2.45, 2.75) is 46.2 Å². The van der Waals surface area contributed by atoms with Gasteiger partial charge >= 0.3 is 0 Å². The highest BCUT2D eigenvalue weighted by atomic mass is 16.5. The van der Waals surface area contributed by atoms with Crippen LogP contribution in [0.25, 0.3) is 0 Å². The fraction of sp³-hybridized carbons (Fsp3) is 0.600. The zero-order chi connectivity index (χ0) is 13.5. The first-order valence-corrected chi connectivity index (χ1v) is 6.77. The maximum atomic E-state index is 9.66. The van der Waals surface area contributed by atoms with E-state index in [1.165, 1.54) is 5.56 Å². The fourth-order valence-electron chi connectivity index (χ4n) is 2.26. The van der Waals surface area contributed by atoms with Crippen molar-refractivity contribution >= 4 is 0 Å². The van der Waals surface area contributed by atoms with Gasteiger partial charge in [-0.2, -0.15) is 0 Å². The van der Waals surface area contributed by atoms with Gasteiger partial charge in [-0.1, -0.05) is 19.9 Å². The van der Waals surface area contributed by atoms with Gasteiger partial charge in [0.2, 0.25) is 0 Å². The van der Waals surface area contributed by atoms with E-state index < -0.39 is 0 Å². The topological polar surface area (TPSA) is 32.7 Å². The second-order valence-electron chi connectivity index (χ2n) is 4.62. The summed E-state index contributed by atoms with van der Waals surface area (Å²) in [4.78, 5) is 2.35. The summed E-state index contributed by atoms with van der Waals surface area (Å²) in [5.74, 6) is 0.790. The van der Waals surface area contributed by atoms with Gasteiger partial charge in [-0.05, 0) is 44.5 Å². The smallest absolute Gasteiger partial charge is 0.161 e. The lowest BCUT2D eigenvalue weighted by atomic mass is 10.1. The third-order valence-corrected chi connectivity index (χ3v) is 3.32. The summed E-state index contributed by atoms with van der Waals surface area (Å²) >= 11 is 0. The van der Waals surface area contributed by atoms with Crippen molar-refractivity contribution in [1.29, 1.82) is 0 Å². The van der Waals surface area contributed by atoms with Gasteiger partial charge in [0.1, 0.15) is 0 Å². The van der Waals surface area contributed by atoms with Gasteiger partial charge in [0.15, 0.2) is 11.5 Å². The first kappa shape index (κ1) is 14.8. The minimum Gasteiger partial charge on any atom is -0.504 e. The monoisotopic (exact) mass is 251 g/mol. The molecule has 0 aliphatic carbocycles. The number of phenolic OH excluding ortho intramolecular Hbond substituents is 1. The van der Waals surface area contributed by atoms with Gasteiger partial charge in [-0.3, -0.25) is 4.90 Å². The number of phenols is 1. The molecule has 0 spiro atoms. The van der Waals surface area contributed by atoms with E-state index in [0.29, 0.717) is 18.4 Å². The van der Waals surface area contributed by atoms with Gasteiger partial charge in [0.05, 0.1) is 6.61 Å². The van der Waals surface area contributed by atoms with Crippen LogP contribution in [0.15, 0.2) is 18.2 Å². The lowest BCUT2D eigenvalue weighted by Crippen LogP contribution is -2.29. The minimum absolute atomic E-state index is 0.214. The van der Waals surface area contributed by atoms with Crippen LogP contribution in [0.5, 0.6) is 11.5 Å². The van der Waals surface area contributed by atoms with Crippen LogP contribution in [0.4, 0.5) is 0 Å². The molecule has 0 fully saturated rings. The van der Waals surface area contributed by atoms with E-state index in [9.17, 15) is 5.11 Å². The van der Waals surface area contributed by atoms with Crippen molar-refractivity contribution in [3.8, 4) is 11.5 Å². The lowest BCUT2D eigenvalue weighted by molar-refractivity contribution is 0.221. The Labute approximate surface area is 110 Å². The highest BCUT2D eigenvalue weighted by molar-refractivity contribution is 5.41. The van der Waals surface area contributed by atoms with E-state index in [2.05, 4.69) is 25.8 Å². The predicted molar refractivity (Wildman–Crippen MR) is 75.1 cm³/mol. The van der Waals surface area contributed by atoms with Crippen LogP contribution < -0.4 is 4.74 Å². The average Bonchev–Trinajstić information content (AvgIpc) is 2.35. The zero-order valence-corrected chi connectivity index (χ0v) is 11.9. The standard InChI is InChI=1S/C15H25NO2/c1-5-13(6-2)16(4)11-12-8-9-14(17)15(10-12)18-7-3/h8-10,13,17H,5-7,11H2,1-4H3. The summed E-state index contributed by atoms with van der Waals surface area (Å²) in [5, 5.41) is 9.66. The summed E-state index contributed by atoms with van der Waals surface area (Å²) < 4.78 is 5.40. The van der Waals surface area contributed by atoms with E-state index in [4.69, 9.17) is 4.74 Å². The second-order valence-corrected chi connectivity index (χ2v) is 4.62. The molecule has 1 N–H and O–H groups in total. The minimum atomic E-state index is 0.214. The number of hydrogen-bond donors (Lipinski definition) is 1. The molecule has 0 unspecified atom stereocenters. The quantitative estimate of drug-likeness (QED) is 0.806. The molecule has 0 bridgehead atoms. The number of hydrogen-bond acceptors (Lipinski definition) is 3. The van der Waals surface area contributed by atoms with Crippen LogP contribution in [0.1, 0.15) is 39.2 Å². The number of aromatic hydroxyl groups is 1. The van der Waals surface area contributed by atoms with Crippen LogP contribution in [0.2, 0.25) is 0 Å². The van der Waals surface area contributed by atoms with Crippen LogP contribution in [0, 0.1) is 0 Å². The van der Waals surface area contributed by atoms with Crippen LogP contribution in [-0.2, 0) is 6.54 Å². The Balaban J connectivity index is 2.75. The number of nitrogens with zero attached hydrogens (tertiary/aromatic N) is 1. The lowest BCUT2D eigenvalue weighted by Gasteiger charge is -2.26. The molecule has 0 heterocycles. The van der Waals surface area contributed by atoms with Crippen molar-refractivity contribution in [3.05, 3.63) is 23.8 Å². The zero-order valence-electron chi connectivity index (χ0n) is 11.9. The molecule has 3 heteroatoms. The molecule has 0 saturated heterocycles. The molecule has 3 nitrogen and oxygen atoms in total. The normalized spacial score (nSPS) is 11.2. The first-order valence-electron chi connectivity index (χ1n) is 6.77. The van der Waals surface area contributed by atoms with E-state index >= 15 is 0 Å². The molecule has 0 saturated carbocycles. The third-order valence-electron chi connectivity index (χ3n) is 3.32. The van der Waals surface area contributed by atoms with Gasteiger partial charge in [0.25, 0.3) is 0 Å². The molecular formula is C15H25NO2. The Morgan fingerprint density at radius 3 is 2.44 bits per heavy atom. The fourth-order valence-corrected chi connectivity index (χ4v) is 2.26. The SMILES string of the molecule is CCOc1cc(CN(C)C(CC)CC)ccc1O. The molecule has 0 atom stereocenters. The molecule has 18 heavy (non-hydrogen) atoms. The molecule has 0 aliphatic heterocycles. The number of benzene rings is 1. The Bertz CT molecular complexity index is 362. The van der Waals surface area contributed by atoms with Crippen molar-refractivity contribution in [2.75, 3.05) is 13.7 Å². The Morgan fingerprint density at radius 2 is 1.89 bits per heavy atom. The van der Waals surface area contributed by atoms with Crippen LogP contribution in [0.3, 0.4) is 0 Å². The molecule has 1 aromatic rings. The maximum Gasteiger partial charge on any atom is 0.161 e. The highest BCUT2D eigenvalue weighted by Gasteiger charge is 2.12. The van der Waals surface area contributed by atoms with Gasteiger partial charge < -0.3 is 9.84 Å². The maximum absolute atomic E-state index is 9.66. The van der Waals surface area contributed by atoms with Crippen molar-refractivity contribution < 1.29 is 9.84 Å². The summed E-state index contributed by atoms with van der Waals surface area (Å²) in [5.41, 5.74) is 1.17. The van der Waals surface area contributed by atoms with Crippen LogP contribution >= 0.6 is 0 Å².